The molecule has 10 heavy (non-hydrogen) atoms. The Morgan fingerprint density at radius 2 is 2.10 bits per heavy atom. The summed E-state index contributed by atoms with van der Waals surface area (Å²) in [5.41, 5.74) is 5.66. The van der Waals surface area contributed by atoms with Gasteiger partial charge < -0.3 is 10.6 Å². The third-order valence-electron chi connectivity index (χ3n) is 2.71. The maximum atomic E-state index is 10.7. The first-order valence-electron chi connectivity index (χ1n) is 3.76. The van der Waals surface area contributed by atoms with Crippen LogP contribution in [0.5, 0.6) is 0 Å². The van der Waals surface area contributed by atoms with Gasteiger partial charge in [-0.15, -0.1) is 0 Å². The van der Waals surface area contributed by atoms with Crippen molar-refractivity contribution in [1.29, 1.82) is 0 Å². The highest BCUT2D eigenvalue weighted by molar-refractivity contribution is 5.72. The zero-order chi connectivity index (χ0) is 7.19. The van der Waals surface area contributed by atoms with Crippen molar-refractivity contribution in [2.75, 3.05) is 13.1 Å². The Bertz CT molecular complexity index is 174. The van der Waals surface area contributed by atoms with E-state index in [1.54, 1.807) is 4.90 Å². The number of nitrogens with zero attached hydrogens (tertiary/aromatic N) is 1. The molecule has 0 bridgehead atoms. The number of carbonyl (C=O) groups is 1. The third-order valence-corrected chi connectivity index (χ3v) is 2.71. The minimum Gasteiger partial charge on any atom is -0.351 e. The van der Waals surface area contributed by atoms with Gasteiger partial charge in [-0.05, 0) is 24.7 Å². The molecule has 1 spiro atoms. The molecule has 1 aliphatic carbocycles. The SMILES string of the molecule is NC(=O)N1CCC2(CC2)C1. The van der Waals surface area contributed by atoms with Crippen LogP contribution in [-0.4, -0.2) is 24.0 Å². The van der Waals surface area contributed by atoms with Gasteiger partial charge in [-0.3, -0.25) is 0 Å². The van der Waals surface area contributed by atoms with Crippen molar-refractivity contribution < 1.29 is 4.79 Å². The summed E-state index contributed by atoms with van der Waals surface area (Å²) in [6.07, 6.45) is 3.78. The molecule has 0 aromatic heterocycles. The summed E-state index contributed by atoms with van der Waals surface area (Å²) in [6.45, 7) is 1.80. The molecular weight excluding hydrogens is 128 g/mol. The van der Waals surface area contributed by atoms with Gasteiger partial charge in [0.2, 0.25) is 0 Å². The lowest BCUT2D eigenvalue weighted by molar-refractivity contribution is 0.216. The second kappa shape index (κ2) is 1.65. The Hall–Kier alpha value is -0.730. The average Bonchev–Trinajstić information content (AvgIpc) is 2.41. The minimum atomic E-state index is -0.247. The van der Waals surface area contributed by atoms with Crippen molar-refractivity contribution in [1.82, 2.24) is 4.90 Å². The number of carbonyl (C=O) groups excluding carboxylic acids is 1. The van der Waals surface area contributed by atoms with Gasteiger partial charge in [-0.25, -0.2) is 4.79 Å². The molecule has 1 aliphatic heterocycles. The van der Waals surface area contributed by atoms with Crippen LogP contribution in [0, 0.1) is 5.41 Å². The van der Waals surface area contributed by atoms with E-state index < -0.39 is 0 Å². The average molecular weight is 140 g/mol. The molecule has 3 nitrogen and oxygen atoms in total. The standard InChI is InChI=1S/C7H12N2O/c8-6(10)9-4-3-7(5-9)1-2-7/h1-5H2,(H2,8,10). The van der Waals surface area contributed by atoms with Gasteiger partial charge in [0.25, 0.3) is 0 Å². The van der Waals surface area contributed by atoms with Crippen molar-refractivity contribution in [2.24, 2.45) is 11.1 Å². The zero-order valence-corrected chi connectivity index (χ0v) is 5.97. The molecular formula is C7H12N2O. The summed E-state index contributed by atoms with van der Waals surface area (Å²) in [4.78, 5) is 12.4. The molecule has 0 unspecified atom stereocenters. The van der Waals surface area contributed by atoms with Crippen LogP contribution in [0.1, 0.15) is 19.3 Å². The molecule has 2 amide bonds. The number of amides is 2. The quantitative estimate of drug-likeness (QED) is 0.524. The molecule has 1 saturated carbocycles. The first kappa shape index (κ1) is 6.01. The van der Waals surface area contributed by atoms with E-state index in [1.807, 2.05) is 0 Å². The van der Waals surface area contributed by atoms with Gasteiger partial charge in [0.1, 0.15) is 0 Å². The highest BCUT2D eigenvalue weighted by atomic mass is 16.2. The van der Waals surface area contributed by atoms with Gasteiger partial charge in [-0.2, -0.15) is 0 Å². The normalized spacial score (nSPS) is 27.4. The van der Waals surface area contributed by atoms with Crippen LogP contribution in [-0.2, 0) is 0 Å². The van der Waals surface area contributed by atoms with Crippen LogP contribution in [0.2, 0.25) is 0 Å². The number of primary amides is 1. The predicted molar refractivity (Wildman–Crippen MR) is 37.4 cm³/mol. The Balaban J connectivity index is 1.99. The molecule has 0 radical (unpaired) electrons. The van der Waals surface area contributed by atoms with E-state index in [0.717, 1.165) is 13.1 Å². The Labute approximate surface area is 60.2 Å². The smallest absolute Gasteiger partial charge is 0.314 e. The fourth-order valence-electron chi connectivity index (χ4n) is 1.71. The van der Waals surface area contributed by atoms with Gasteiger partial charge in [-0.1, -0.05) is 0 Å². The molecule has 1 heterocycles. The molecule has 2 N–H and O–H groups in total. The lowest BCUT2D eigenvalue weighted by Crippen LogP contribution is -2.33. The lowest BCUT2D eigenvalue weighted by Gasteiger charge is -2.11. The van der Waals surface area contributed by atoms with Crippen molar-refractivity contribution in [3.05, 3.63) is 0 Å². The number of rotatable bonds is 0. The van der Waals surface area contributed by atoms with Crippen LogP contribution in [0.25, 0.3) is 0 Å². The van der Waals surface area contributed by atoms with Crippen molar-refractivity contribution in [2.45, 2.75) is 19.3 Å². The Morgan fingerprint density at radius 3 is 2.40 bits per heavy atom. The van der Waals surface area contributed by atoms with Crippen molar-refractivity contribution >= 4 is 6.03 Å². The van der Waals surface area contributed by atoms with Gasteiger partial charge in [0.05, 0.1) is 0 Å². The first-order chi connectivity index (χ1) is 4.72. The second-order valence-electron chi connectivity index (χ2n) is 3.51. The molecule has 1 saturated heterocycles. The number of hydrogen-bond acceptors (Lipinski definition) is 1. The maximum absolute atomic E-state index is 10.7. The molecule has 3 heteroatoms. The molecule has 2 rings (SSSR count). The van der Waals surface area contributed by atoms with E-state index in [-0.39, 0.29) is 6.03 Å². The van der Waals surface area contributed by atoms with E-state index >= 15 is 0 Å². The Morgan fingerprint density at radius 1 is 1.40 bits per heavy atom. The molecule has 2 aliphatic rings. The second-order valence-corrected chi connectivity index (χ2v) is 3.51. The summed E-state index contributed by atoms with van der Waals surface area (Å²) in [7, 11) is 0. The third kappa shape index (κ3) is 0.770. The van der Waals surface area contributed by atoms with Crippen LogP contribution < -0.4 is 5.73 Å². The van der Waals surface area contributed by atoms with E-state index in [2.05, 4.69) is 0 Å². The van der Waals surface area contributed by atoms with Crippen molar-refractivity contribution in [3.8, 4) is 0 Å². The topological polar surface area (TPSA) is 46.3 Å². The fourth-order valence-corrected chi connectivity index (χ4v) is 1.71. The van der Waals surface area contributed by atoms with Crippen molar-refractivity contribution in [3.63, 3.8) is 0 Å². The van der Waals surface area contributed by atoms with E-state index in [1.165, 1.54) is 19.3 Å². The maximum Gasteiger partial charge on any atom is 0.314 e. The van der Waals surface area contributed by atoms with Gasteiger partial charge in [0, 0.05) is 13.1 Å². The zero-order valence-electron chi connectivity index (χ0n) is 5.97. The highest BCUT2D eigenvalue weighted by Crippen LogP contribution is 2.52. The van der Waals surface area contributed by atoms with Gasteiger partial charge in [0.15, 0.2) is 0 Å². The van der Waals surface area contributed by atoms with E-state index in [0.29, 0.717) is 5.41 Å². The van der Waals surface area contributed by atoms with Gasteiger partial charge >= 0.3 is 6.03 Å². The molecule has 0 atom stereocenters. The van der Waals surface area contributed by atoms with Crippen LogP contribution >= 0.6 is 0 Å². The van der Waals surface area contributed by atoms with E-state index in [4.69, 9.17) is 5.73 Å². The molecule has 0 aromatic rings. The summed E-state index contributed by atoms with van der Waals surface area (Å²) in [6, 6.07) is -0.247. The Kier molecular flexibility index (Phi) is 0.993. The minimum absolute atomic E-state index is 0.247. The monoisotopic (exact) mass is 140 g/mol. The summed E-state index contributed by atoms with van der Waals surface area (Å²) in [5, 5.41) is 0. The molecule has 56 valence electrons. The number of urea groups is 1. The first-order valence-corrected chi connectivity index (χ1v) is 3.76. The number of likely N-dealkylation sites (tertiary alicyclic amines) is 1. The highest BCUT2D eigenvalue weighted by Gasteiger charge is 2.48. The summed E-state index contributed by atoms with van der Waals surface area (Å²) < 4.78 is 0. The molecule has 2 fully saturated rings. The summed E-state index contributed by atoms with van der Waals surface area (Å²) in [5.74, 6) is 0. The lowest BCUT2D eigenvalue weighted by atomic mass is 10.1. The largest absolute Gasteiger partial charge is 0.351 e. The number of hydrogen-bond donors (Lipinski definition) is 1. The van der Waals surface area contributed by atoms with Crippen LogP contribution in [0.3, 0.4) is 0 Å². The van der Waals surface area contributed by atoms with Crippen LogP contribution in [0.4, 0.5) is 4.79 Å². The number of nitrogens with two attached hydrogens (primary N) is 1. The van der Waals surface area contributed by atoms with E-state index in [9.17, 15) is 4.79 Å². The van der Waals surface area contributed by atoms with Crippen LogP contribution in [0.15, 0.2) is 0 Å². The fraction of sp³-hybridized carbons (Fsp3) is 0.857. The summed E-state index contributed by atoms with van der Waals surface area (Å²) >= 11 is 0. The molecule has 0 aromatic carbocycles. The predicted octanol–water partition coefficient (Wildman–Crippen LogP) is 0.551.